The van der Waals surface area contributed by atoms with Crippen LogP contribution in [0.25, 0.3) is 0 Å². The Morgan fingerprint density at radius 3 is 1.20 bits per heavy atom. The molecular weight excluding hydrogens is 424 g/mol. The van der Waals surface area contributed by atoms with Gasteiger partial charge < -0.3 is 0 Å². The fourth-order valence-electron chi connectivity index (χ4n) is 2.48. The highest BCUT2D eigenvalue weighted by Gasteiger charge is 2.07. The van der Waals surface area contributed by atoms with E-state index in [1.807, 2.05) is 24.3 Å². The minimum absolute atomic E-state index is 0.0161. The summed E-state index contributed by atoms with van der Waals surface area (Å²) >= 11 is 0. The van der Waals surface area contributed by atoms with E-state index in [2.05, 4.69) is 9.98 Å². The molecule has 0 amide bonds. The molecule has 0 aliphatic heterocycles. The Kier molecular flexibility index (Phi) is 6.22. The molecule has 0 fully saturated rings. The molecule has 154 valence electrons. The van der Waals surface area contributed by atoms with Crippen LogP contribution in [0.1, 0.15) is 11.1 Å². The van der Waals surface area contributed by atoms with Gasteiger partial charge in [0.1, 0.15) is 0 Å². The van der Waals surface area contributed by atoms with Crippen molar-refractivity contribution in [3.05, 3.63) is 83.9 Å². The molecule has 30 heavy (non-hydrogen) atoms. The minimum atomic E-state index is -3.75. The number of sulfonamides is 2. The van der Waals surface area contributed by atoms with E-state index < -0.39 is 20.0 Å². The zero-order valence-electron chi connectivity index (χ0n) is 15.6. The Morgan fingerprint density at radius 2 is 0.900 bits per heavy atom. The van der Waals surface area contributed by atoms with E-state index in [1.165, 1.54) is 24.3 Å². The number of aliphatic imine (C=N–C) groups is 2. The van der Waals surface area contributed by atoms with Crippen molar-refractivity contribution in [1.29, 1.82) is 0 Å². The van der Waals surface area contributed by atoms with Gasteiger partial charge in [-0.1, -0.05) is 24.3 Å². The smallest absolute Gasteiger partial charge is 0.238 e. The molecule has 0 aliphatic carbocycles. The summed E-state index contributed by atoms with van der Waals surface area (Å²) in [5.41, 5.74) is 2.70. The molecule has 0 bridgehead atoms. The Labute approximate surface area is 174 Å². The predicted octanol–water partition coefficient (Wildman–Crippen LogP) is 2.48. The van der Waals surface area contributed by atoms with Gasteiger partial charge in [-0.25, -0.2) is 27.1 Å². The van der Waals surface area contributed by atoms with Crippen LogP contribution in [0.5, 0.6) is 0 Å². The van der Waals surface area contributed by atoms with Crippen LogP contribution < -0.4 is 10.3 Å². The van der Waals surface area contributed by atoms with Crippen LogP contribution in [0.3, 0.4) is 0 Å². The number of primary sulfonamides is 2. The summed E-state index contributed by atoms with van der Waals surface area (Å²) in [5.74, 6) is 0. The van der Waals surface area contributed by atoms with Crippen LogP contribution in [0.4, 0.5) is 11.4 Å². The lowest BCUT2D eigenvalue weighted by molar-refractivity contribution is 0.596. The van der Waals surface area contributed by atoms with Gasteiger partial charge >= 0.3 is 0 Å². The summed E-state index contributed by atoms with van der Waals surface area (Å²) in [7, 11) is -7.50. The maximum absolute atomic E-state index is 11.3. The molecule has 0 aromatic heterocycles. The lowest BCUT2D eigenvalue weighted by atomic mass is 10.1. The summed E-state index contributed by atoms with van der Waals surface area (Å²) in [6.45, 7) is 0. The molecule has 3 rings (SSSR count). The fraction of sp³-hybridized carbons (Fsp3) is 0. The number of nitrogens with two attached hydrogens (primary N) is 2. The number of nitrogens with zero attached hydrogens (tertiary/aromatic N) is 2. The first-order valence-electron chi connectivity index (χ1n) is 8.56. The zero-order chi connectivity index (χ0) is 21.8. The first-order valence-corrected chi connectivity index (χ1v) is 11.7. The van der Waals surface area contributed by atoms with Crippen molar-refractivity contribution in [1.82, 2.24) is 0 Å². The topological polar surface area (TPSA) is 145 Å². The van der Waals surface area contributed by atoms with Crippen molar-refractivity contribution in [2.75, 3.05) is 0 Å². The summed E-state index contributed by atoms with van der Waals surface area (Å²) in [4.78, 5) is 8.73. The van der Waals surface area contributed by atoms with Crippen LogP contribution in [0, 0.1) is 0 Å². The summed E-state index contributed by atoms with van der Waals surface area (Å²) in [6.07, 6.45) is 3.27. The molecule has 0 spiro atoms. The Balaban J connectivity index is 1.80. The van der Waals surface area contributed by atoms with E-state index in [4.69, 9.17) is 10.3 Å². The van der Waals surface area contributed by atoms with E-state index in [1.54, 1.807) is 36.7 Å². The normalized spacial score (nSPS) is 12.6. The van der Waals surface area contributed by atoms with Crippen LogP contribution in [0.2, 0.25) is 0 Å². The van der Waals surface area contributed by atoms with E-state index >= 15 is 0 Å². The highest BCUT2D eigenvalue weighted by molar-refractivity contribution is 7.89. The predicted molar refractivity (Wildman–Crippen MR) is 117 cm³/mol. The number of rotatable bonds is 6. The number of hydrogen-bond acceptors (Lipinski definition) is 6. The van der Waals surface area contributed by atoms with Gasteiger partial charge in [0.2, 0.25) is 20.0 Å². The first kappa shape index (κ1) is 21.5. The molecule has 0 aliphatic rings. The summed E-state index contributed by atoms with van der Waals surface area (Å²) < 4.78 is 45.3. The standard InChI is InChI=1S/C20H18N4O4S2/c21-29(25,26)19-9-5-17(6-10-19)23-13-15-3-1-2-4-16(15)14-24-18-7-11-20(12-8-18)30(22,27)28/h1-14H,(H2,21,25,26)(H2,22,27,28). The van der Waals surface area contributed by atoms with Crippen molar-refractivity contribution >= 4 is 43.9 Å². The Bertz CT molecular complexity index is 1210. The fourth-order valence-corrected chi connectivity index (χ4v) is 3.51. The van der Waals surface area contributed by atoms with Gasteiger partial charge in [0, 0.05) is 23.6 Å². The molecule has 10 heteroatoms. The van der Waals surface area contributed by atoms with Gasteiger partial charge in [-0.15, -0.1) is 0 Å². The zero-order valence-corrected chi connectivity index (χ0v) is 17.2. The molecule has 0 saturated heterocycles. The second-order valence-corrected chi connectivity index (χ2v) is 9.35. The third kappa shape index (κ3) is 5.67. The molecule has 4 N–H and O–H groups in total. The third-order valence-corrected chi connectivity index (χ3v) is 5.89. The van der Waals surface area contributed by atoms with Crippen LogP contribution in [-0.4, -0.2) is 29.3 Å². The monoisotopic (exact) mass is 442 g/mol. The number of benzene rings is 3. The minimum Gasteiger partial charge on any atom is -0.256 e. The van der Waals surface area contributed by atoms with Crippen LogP contribution >= 0.6 is 0 Å². The van der Waals surface area contributed by atoms with Gasteiger partial charge in [-0.05, 0) is 48.5 Å². The van der Waals surface area contributed by atoms with Gasteiger partial charge in [-0.2, -0.15) is 0 Å². The van der Waals surface area contributed by atoms with E-state index in [0.717, 1.165) is 11.1 Å². The maximum atomic E-state index is 11.3. The molecule has 0 saturated carbocycles. The van der Waals surface area contributed by atoms with Crippen molar-refractivity contribution in [3.8, 4) is 0 Å². The van der Waals surface area contributed by atoms with Crippen molar-refractivity contribution < 1.29 is 16.8 Å². The van der Waals surface area contributed by atoms with Gasteiger partial charge in [-0.3, -0.25) is 9.98 Å². The second-order valence-electron chi connectivity index (χ2n) is 6.22. The van der Waals surface area contributed by atoms with E-state index in [9.17, 15) is 16.8 Å². The molecule has 0 atom stereocenters. The highest BCUT2D eigenvalue weighted by Crippen LogP contribution is 2.18. The Morgan fingerprint density at radius 1 is 0.567 bits per heavy atom. The van der Waals surface area contributed by atoms with E-state index in [0.29, 0.717) is 11.4 Å². The van der Waals surface area contributed by atoms with Crippen LogP contribution in [0.15, 0.2) is 92.6 Å². The molecule has 8 nitrogen and oxygen atoms in total. The Hall–Kier alpha value is -3.18. The molecule has 0 unspecified atom stereocenters. The summed E-state index contributed by atoms with van der Waals surface area (Å²) in [6, 6.07) is 19.2. The first-order chi connectivity index (χ1) is 14.1. The average Bonchev–Trinajstić information content (AvgIpc) is 2.70. The summed E-state index contributed by atoms with van der Waals surface area (Å²) in [5, 5.41) is 10.2. The second kappa shape index (κ2) is 8.67. The van der Waals surface area contributed by atoms with Crippen molar-refractivity contribution in [2.45, 2.75) is 9.79 Å². The van der Waals surface area contributed by atoms with Gasteiger partial charge in [0.05, 0.1) is 21.2 Å². The lowest BCUT2D eigenvalue weighted by Crippen LogP contribution is -2.11. The third-order valence-electron chi connectivity index (χ3n) is 4.03. The maximum Gasteiger partial charge on any atom is 0.238 e. The lowest BCUT2D eigenvalue weighted by Gasteiger charge is -2.02. The quantitative estimate of drug-likeness (QED) is 0.565. The molecule has 0 radical (unpaired) electrons. The SMILES string of the molecule is NS(=O)(=O)c1ccc(N=Cc2ccccc2C=Nc2ccc(S(N)(=O)=O)cc2)cc1. The van der Waals surface area contributed by atoms with Crippen molar-refractivity contribution in [3.63, 3.8) is 0 Å². The molecule has 0 heterocycles. The van der Waals surface area contributed by atoms with Crippen molar-refractivity contribution in [2.24, 2.45) is 20.3 Å². The van der Waals surface area contributed by atoms with Gasteiger partial charge in [0.15, 0.2) is 0 Å². The van der Waals surface area contributed by atoms with Crippen LogP contribution in [-0.2, 0) is 20.0 Å². The average molecular weight is 443 g/mol. The number of hydrogen-bond donors (Lipinski definition) is 2. The molecule has 3 aromatic carbocycles. The molecular formula is C20H18N4O4S2. The van der Waals surface area contributed by atoms with E-state index in [-0.39, 0.29) is 9.79 Å². The molecule has 3 aromatic rings. The highest BCUT2D eigenvalue weighted by atomic mass is 32.2. The van der Waals surface area contributed by atoms with Gasteiger partial charge in [0.25, 0.3) is 0 Å². The largest absolute Gasteiger partial charge is 0.256 e.